The van der Waals surface area contributed by atoms with Crippen LogP contribution in [0.15, 0.2) is 0 Å². The molecular weight excluding hydrogens is 126 g/mol. The first-order valence-corrected chi connectivity index (χ1v) is 3.99. The third-order valence-corrected chi connectivity index (χ3v) is 2.28. The SMILES string of the molecule is CCC(=O)[C@@H]1CNC[C@H]1C. The number of hydrogen-bond acceptors (Lipinski definition) is 2. The second-order valence-electron chi connectivity index (χ2n) is 3.06. The molecule has 2 nitrogen and oxygen atoms in total. The van der Waals surface area contributed by atoms with Gasteiger partial charge < -0.3 is 5.32 Å². The van der Waals surface area contributed by atoms with Crippen LogP contribution < -0.4 is 5.32 Å². The van der Waals surface area contributed by atoms with Crippen molar-refractivity contribution >= 4 is 5.78 Å². The fraction of sp³-hybridized carbons (Fsp3) is 0.875. The molecule has 1 heterocycles. The summed E-state index contributed by atoms with van der Waals surface area (Å²) in [5.41, 5.74) is 0. The van der Waals surface area contributed by atoms with Gasteiger partial charge in [-0.2, -0.15) is 0 Å². The van der Waals surface area contributed by atoms with Gasteiger partial charge in [0.1, 0.15) is 5.78 Å². The van der Waals surface area contributed by atoms with Crippen molar-refractivity contribution < 1.29 is 4.79 Å². The lowest BCUT2D eigenvalue weighted by Crippen LogP contribution is -2.20. The Morgan fingerprint density at radius 3 is 2.70 bits per heavy atom. The summed E-state index contributed by atoms with van der Waals surface area (Å²) in [6, 6.07) is 0. The van der Waals surface area contributed by atoms with Gasteiger partial charge in [0.15, 0.2) is 0 Å². The van der Waals surface area contributed by atoms with Crippen LogP contribution in [-0.2, 0) is 4.79 Å². The van der Waals surface area contributed by atoms with Crippen LogP contribution in [0.1, 0.15) is 20.3 Å². The van der Waals surface area contributed by atoms with Crippen LogP contribution in [0.3, 0.4) is 0 Å². The van der Waals surface area contributed by atoms with E-state index in [1.54, 1.807) is 0 Å². The summed E-state index contributed by atoms with van der Waals surface area (Å²) >= 11 is 0. The molecule has 0 aromatic carbocycles. The maximum Gasteiger partial charge on any atom is 0.137 e. The van der Waals surface area contributed by atoms with Gasteiger partial charge in [-0.25, -0.2) is 0 Å². The van der Waals surface area contributed by atoms with Crippen LogP contribution >= 0.6 is 0 Å². The molecule has 0 aromatic heterocycles. The molecule has 0 saturated carbocycles. The lowest BCUT2D eigenvalue weighted by Gasteiger charge is -2.10. The van der Waals surface area contributed by atoms with Crippen molar-refractivity contribution in [3.8, 4) is 0 Å². The molecule has 58 valence electrons. The van der Waals surface area contributed by atoms with Gasteiger partial charge in [-0.3, -0.25) is 4.79 Å². The van der Waals surface area contributed by atoms with E-state index in [2.05, 4.69) is 12.2 Å². The Labute approximate surface area is 62.0 Å². The van der Waals surface area contributed by atoms with Gasteiger partial charge in [0.25, 0.3) is 0 Å². The van der Waals surface area contributed by atoms with E-state index in [1.807, 2.05) is 6.92 Å². The fourth-order valence-corrected chi connectivity index (χ4v) is 1.50. The van der Waals surface area contributed by atoms with E-state index in [0.717, 1.165) is 13.1 Å². The van der Waals surface area contributed by atoms with Crippen molar-refractivity contribution in [3.05, 3.63) is 0 Å². The first-order valence-electron chi connectivity index (χ1n) is 3.99. The number of hydrogen-bond donors (Lipinski definition) is 1. The molecule has 0 bridgehead atoms. The molecule has 1 aliphatic heterocycles. The topological polar surface area (TPSA) is 29.1 Å². The molecule has 2 atom stereocenters. The molecule has 1 fully saturated rings. The van der Waals surface area contributed by atoms with Gasteiger partial charge in [0.05, 0.1) is 0 Å². The van der Waals surface area contributed by atoms with Gasteiger partial charge in [-0.05, 0) is 12.5 Å². The summed E-state index contributed by atoms with van der Waals surface area (Å²) in [7, 11) is 0. The van der Waals surface area contributed by atoms with Crippen molar-refractivity contribution in [1.29, 1.82) is 0 Å². The average molecular weight is 141 g/mol. The molecule has 1 N–H and O–H groups in total. The molecule has 0 radical (unpaired) electrons. The molecular formula is C8H15NO. The highest BCUT2D eigenvalue weighted by Gasteiger charge is 2.27. The zero-order valence-electron chi connectivity index (χ0n) is 6.68. The summed E-state index contributed by atoms with van der Waals surface area (Å²) in [5, 5.41) is 3.22. The summed E-state index contributed by atoms with van der Waals surface area (Å²) in [4.78, 5) is 11.2. The van der Waals surface area contributed by atoms with Crippen molar-refractivity contribution in [1.82, 2.24) is 5.32 Å². The second kappa shape index (κ2) is 3.15. The predicted octanol–water partition coefficient (Wildman–Crippen LogP) is 0.821. The molecule has 2 heteroatoms. The van der Waals surface area contributed by atoms with Crippen molar-refractivity contribution in [3.63, 3.8) is 0 Å². The average Bonchev–Trinajstić information content (AvgIpc) is 2.34. The second-order valence-corrected chi connectivity index (χ2v) is 3.06. The molecule has 1 aliphatic rings. The minimum atomic E-state index is 0.296. The van der Waals surface area contributed by atoms with Gasteiger partial charge in [-0.1, -0.05) is 13.8 Å². The van der Waals surface area contributed by atoms with E-state index in [0.29, 0.717) is 24.0 Å². The third-order valence-electron chi connectivity index (χ3n) is 2.28. The lowest BCUT2D eigenvalue weighted by molar-refractivity contribution is -0.122. The van der Waals surface area contributed by atoms with E-state index in [9.17, 15) is 4.79 Å². The third kappa shape index (κ3) is 1.37. The van der Waals surface area contributed by atoms with Crippen molar-refractivity contribution in [2.24, 2.45) is 11.8 Å². The highest BCUT2D eigenvalue weighted by molar-refractivity contribution is 5.81. The number of nitrogens with one attached hydrogen (secondary N) is 1. The van der Waals surface area contributed by atoms with Crippen LogP contribution in [0.4, 0.5) is 0 Å². The van der Waals surface area contributed by atoms with Crippen molar-refractivity contribution in [2.75, 3.05) is 13.1 Å². The Morgan fingerprint density at radius 2 is 2.30 bits per heavy atom. The Hall–Kier alpha value is -0.370. The standard InChI is InChI=1S/C8H15NO/c1-3-8(10)7-5-9-4-6(7)2/h6-7,9H,3-5H2,1-2H3/t6-,7-/m1/s1. The Morgan fingerprint density at radius 1 is 1.60 bits per heavy atom. The summed E-state index contributed by atoms with van der Waals surface area (Å²) < 4.78 is 0. The number of Topliss-reactive ketones (excluding diaryl/α,β-unsaturated/α-hetero) is 1. The van der Waals surface area contributed by atoms with Crippen LogP contribution in [0.2, 0.25) is 0 Å². The van der Waals surface area contributed by atoms with Crippen LogP contribution in [0.5, 0.6) is 0 Å². The smallest absolute Gasteiger partial charge is 0.137 e. The first-order chi connectivity index (χ1) is 4.75. The minimum Gasteiger partial charge on any atom is -0.316 e. The first kappa shape index (κ1) is 7.73. The highest BCUT2D eigenvalue weighted by atomic mass is 16.1. The number of carbonyl (C=O) groups excluding carboxylic acids is 1. The quantitative estimate of drug-likeness (QED) is 0.617. The molecule has 0 aliphatic carbocycles. The summed E-state index contributed by atoms with van der Waals surface area (Å²) in [5.74, 6) is 1.26. The number of rotatable bonds is 2. The maximum atomic E-state index is 11.2. The van der Waals surface area contributed by atoms with E-state index in [1.165, 1.54) is 0 Å². The van der Waals surface area contributed by atoms with E-state index in [-0.39, 0.29) is 0 Å². The van der Waals surface area contributed by atoms with E-state index in [4.69, 9.17) is 0 Å². The molecule has 0 amide bonds. The molecule has 10 heavy (non-hydrogen) atoms. The molecule has 0 spiro atoms. The zero-order valence-corrected chi connectivity index (χ0v) is 6.68. The van der Waals surface area contributed by atoms with Gasteiger partial charge >= 0.3 is 0 Å². The Balaban J connectivity index is 2.46. The molecule has 0 unspecified atom stereocenters. The fourth-order valence-electron chi connectivity index (χ4n) is 1.50. The van der Waals surface area contributed by atoms with Crippen molar-refractivity contribution in [2.45, 2.75) is 20.3 Å². The predicted molar refractivity (Wildman–Crippen MR) is 40.8 cm³/mol. The normalized spacial score (nSPS) is 32.6. The van der Waals surface area contributed by atoms with Crippen LogP contribution in [-0.4, -0.2) is 18.9 Å². The summed E-state index contributed by atoms with van der Waals surface area (Å²) in [6.45, 7) is 5.98. The number of carbonyl (C=O) groups is 1. The largest absolute Gasteiger partial charge is 0.316 e. The van der Waals surface area contributed by atoms with Gasteiger partial charge in [0, 0.05) is 18.9 Å². The highest BCUT2D eigenvalue weighted by Crippen LogP contribution is 2.17. The van der Waals surface area contributed by atoms with Crippen LogP contribution in [0, 0.1) is 11.8 Å². The van der Waals surface area contributed by atoms with Gasteiger partial charge in [-0.15, -0.1) is 0 Å². The van der Waals surface area contributed by atoms with Gasteiger partial charge in [0.2, 0.25) is 0 Å². The zero-order chi connectivity index (χ0) is 7.56. The van der Waals surface area contributed by atoms with E-state index < -0.39 is 0 Å². The monoisotopic (exact) mass is 141 g/mol. The lowest BCUT2D eigenvalue weighted by atomic mass is 9.92. The maximum absolute atomic E-state index is 11.2. The molecule has 0 aromatic rings. The minimum absolute atomic E-state index is 0.296. The van der Waals surface area contributed by atoms with Crippen LogP contribution in [0.25, 0.3) is 0 Å². The Kier molecular flexibility index (Phi) is 2.44. The summed E-state index contributed by atoms with van der Waals surface area (Å²) in [6.07, 6.45) is 0.691. The molecule has 1 rings (SSSR count). The van der Waals surface area contributed by atoms with E-state index >= 15 is 0 Å². The Bertz CT molecular complexity index is 133. The molecule has 1 saturated heterocycles. The number of ketones is 1.